The average Bonchev–Trinajstić information content (AvgIpc) is 2.38. The molecule has 106 valence electrons. The van der Waals surface area contributed by atoms with E-state index in [1.165, 1.54) is 19.3 Å². The lowest BCUT2D eigenvalue weighted by molar-refractivity contribution is -0.136. The van der Waals surface area contributed by atoms with Gasteiger partial charge in [-0.15, -0.1) is 0 Å². The third-order valence-corrected chi connectivity index (χ3v) is 3.98. The molecule has 18 heavy (non-hydrogen) atoms. The number of carbonyl (C=O) groups is 1. The van der Waals surface area contributed by atoms with Crippen LogP contribution < -0.4 is 5.73 Å². The molecule has 0 aromatic carbocycles. The molecule has 0 aliphatic carbocycles. The molecule has 1 atom stereocenters. The molecule has 2 N–H and O–H groups in total. The third-order valence-electron chi connectivity index (χ3n) is 3.98. The van der Waals surface area contributed by atoms with E-state index in [2.05, 4.69) is 18.7 Å². The van der Waals surface area contributed by atoms with Crippen molar-refractivity contribution in [1.29, 1.82) is 0 Å². The summed E-state index contributed by atoms with van der Waals surface area (Å²) < 4.78 is 0. The number of likely N-dealkylation sites (tertiary alicyclic amines) is 1. The first-order valence-corrected chi connectivity index (χ1v) is 7.66. The van der Waals surface area contributed by atoms with Gasteiger partial charge in [0.25, 0.3) is 0 Å². The fraction of sp³-hybridized carbons (Fsp3) is 0.933. The molecule has 0 aromatic heterocycles. The van der Waals surface area contributed by atoms with Crippen LogP contribution in [-0.4, -0.2) is 29.9 Å². The van der Waals surface area contributed by atoms with E-state index in [0.717, 1.165) is 45.2 Å². The van der Waals surface area contributed by atoms with E-state index in [1.54, 1.807) is 0 Å². The number of hydrogen-bond donors (Lipinski definition) is 1. The standard InChI is InChI=1S/C15H30N2O/c1-13(2)14-9-6-8-12-17(14)15(18)10-5-3-4-7-11-16/h13-14H,3-12,16H2,1-2H3. The lowest BCUT2D eigenvalue weighted by atomic mass is 9.92. The minimum atomic E-state index is 0.376. The van der Waals surface area contributed by atoms with E-state index in [0.29, 0.717) is 17.9 Å². The number of carbonyl (C=O) groups excluding carboxylic acids is 1. The molecule has 1 amide bonds. The SMILES string of the molecule is CC(C)C1CCCCN1C(=O)CCCCCCN. The van der Waals surface area contributed by atoms with Gasteiger partial charge in [0.05, 0.1) is 0 Å². The van der Waals surface area contributed by atoms with Gasteiger partial charge in [-0.05, 0) is 44.6 Å². The summed E-state index contributed by atoms with van der Waals surface area (Å²) in [5.74, 6) is 0.965. The van der Waals surface area contributed by atoms with Crippen LogP contribution in [0.25, 0.3) is 0 Å². The quantitative estimate of drug-likeness (QED) is 0.710. The van der Waals surface area contributed by atoms with Crippen molar-refractivity contribution in [2.75, 3.05) is 13.1 Å². The Morgan fingerprint density at radius 3 is 2.61 bits per heavy atom. The first-order valence-electron chi connectivity index (χ1n) is 7.66. The molecule has 3 nitrogen and oxygen atoms in total. The Kier molecular flexibility index (Phi) is 7.33. The van der Waals surface area contributed by atoms with Gasteiger partial charge in [0.1, 0.15) is 0 Å². The molecule has 1 unspecified atom stereocenters. The summed E-state index contributed by atoms with van der Waals surface area (Å²) in [6.07, 6.45) is 8.81. The molecular formula is C15H30N2O. The summed E-state index contributed by atoms with van der Waals surface area (Å²) in [6.45, 7) is 6.22. The fourth-order valence-electron chi connectivity index (χ4n) is 2.88. The Morgan fingerprint density at radius 2 is 1.94 bits per heavy atom. The van der Waals surface area contributed by atoms with E-state index in [9.17, 15) is 4.79 Å². The summed E-state index contributed by atoms with van der Waals surface area (Å²) in [7, 11) is 0. The highest BCUT2D eigenvalue weighted by molar-refractivity contribution is 5.76. The normalized spacial score (nSPS) is 20.4. The van der Waals surface area contributed by atoms with Crippen molar-refractivity contribution < 1.29 is 4.79 Å². The van der Waals surface area contributed by atoms with E-state index in [-0.39, 0.29) is 0 Å². The van der Waals surface area contributed by atoms with Crippen LogP contribution in [0.15, 0.2) is 0 Å². The van der Waals surface area contributed by atoms with Gasteiger partial charge in [0.15, 0.2) is 0 Å². The number of piperidine rings is 1. The van der Waals surface area contributed by atoms with Gasteiger partial charge in [-0.1, -0.05) is 26.7 Å². The first-order chi connectivity index (χ1) is 8.66. The molecular weight excluding hydrogens is 224 g/mol. The lowest BCUT2D eigenvalue weighted by Crippen LogP contribution is -2.46. The molecule has 0 saturated carbocycles. The minimum absolute atomic E-state index is 0.376. The van der Waals surface area contributed by atoms with Crippen molar-refractivity contribution in [3.8, 4) is 0 Å². The number of rotatable bonds is 7. The van der Waals surface area contributed by atoms with E-state index >= 15 is 0 Å². The second kappa shape index (κ2) is 8.52. The predicted octanol–water partition coefficient (Wildman–Crippen LogP) is 2.93. The molecule has 0 bridgehead atoms. The van der Waals surface area contributed by atoms with Crippen molar-refractivity contribution in [2.24, 2.45) is 11.7 Å². The molecule has 1 aliphatic rings. The van der Waals surface area contributed by atoms with Crippen LogP contribution in [0.4, 0.5) is 0 Å². The van der Waals surface area contributed by atoms with Gasteiger partial charge >= 0.3 is 0 Å². The summed E-state index contributed by atoms with van der Waals surface area (Å²) in [6, 6.07) is 0.482. The molecule has 1 saturated heterocycles. The van der Waals surface area contributed by atoms with E-state index in [4.69, 9.17) is 5.73 Å². The van der Waals surface area contributed by atoms with E-state index < -0.39 is 0 Å². The largest absolute Gasteiger partial charge is 0.339 e. The fourth-order valence-corrected chi connectivity index (χ4v) is 2.88. The smallest absolute Gasteiger partial charge is 0.222 e. The molecule has 1 aliphatic heterocycles. The molecule has 0 aromatic rings. The lowest BCUT2D eigenvalue weighted by Gasteiger charge is -2.38. The van der Waals surface area contributed by atoms with Crippen molar-refractivity contribution in [3.05, 3.63) is 0 Å². The van der Waals surface area contributed by atoms with Gasteiger partial charge in [0.2, 0.25) is 5.91 Å². The summed E-state index contributed by atoms with van der Waals surface area (Å²) in [5.41, 5.74) is 5.46. The maximum absolute atomic E-state index is 12.2. The van der Waals surface area contributed by atoms with Gasteiger partial charge in [0, 0.05) is 19.0 Å². The third kappa shape index (κ3) is 4.97. The van der Waals surface area contributed by atoms with Crippen LogP contribution in [0.3, 0.4) is 0 Å². The summed E-state index contributed by atoms with van der Waals surface area (Å²) in [4.78, 5) is 14.4. The summed E-state index contributed by atoms with van der Waals surface area (Å²) >= 11 is 0. The van der Waals surface area contributed by atoms with Gasteiger partial charge < -0.3 is 10.6 Å². The number of nitrogens with two attached hydrogens (primary N) is 1. The van der Waals surface area contributed by atoms with E-state index in [1.807, 2.05) is 0 Å². The Balaban J connectivity index is 2.29. The molecule has 1 heterocycles. The Hall–Kier alpha value is -0.570. The zero-order valence-electron chi connectivity index (χ0n) is 12.2. The second-order valence-corrected chi connectivity index (χ2v) is 5.85. The molecule has 0 spiro atoms. The zero-order valence-corrected chi connectivity index (χ0v) is 12.2. The van der Waals surface area contributed by atoms with Crippen LogP contribution in [0.2, 0.25) is 0 Å². The van der Waals surface area contributed by atoms with Crippen LogP contribution in [-0.2, 0) is 4.79 Å². The number of hydrogen-bond acceptors (Lipinski definition) is 2. The van der Waals surface area contributed by atoms with Crippen molar-refractivity contribution in [1.82, 2.24) is 4.90 Å². The maximum Gasteiger partial charge on any atom is 0.222 e. The highest BCUT2D eigenvalue weighted by Gasteiger charge is 2.28. The topological polar surface area (TPSA) is 46.3 Å². The predicted molar refractivity (Wildman–Crippen MR) is 76.3 cm³/mol. The van der Waals surface area contributed by atoms with Crippen molar-refractivity contribution >= 4 is 5.91 Å². The van der Waals surface area contributed by atoms with Crippen LogP contribution >= 0.6 is 0 Å². The summed E-state index contributed by atoms with van der Waals surface area (Å²) in [5, 5.41) is 0. The monoisotopic (exact) mass is 254 g/mol. The molecule has 0 radical (unpaired) electrons. The van der Waals surface area contributed by atoms with Crippen molar-refractivity contribution in [3.63, 3.8) is 0 Å². The van der Waals surface area contributed by atoms with Gasteiger partial charge in [-0.25, -0.2) is 0 Å². The van der Waals surface area contributed by atoms with Gasteiger partial charge in [-0.3, -0.25) is 4.79 Å². The zero-order chi connectivity index (χ0) is 13.4. The maximum atomic E-state index is 12.2. The highest BCUT2D eigenvalue weighted by atomic mass is 16.2. The Morgan fingerprint density at radius 1 is 1.22 bits per heavy atom. The highest BCUT2D eigenvalue weighted by Crippen LogP contribution is 2.24. The molecule has 3 heteroatoms. The van der Waals surface area contributed by atoms with Gasteiger partial charge in [-0.2, -0.15) is 0 Å². The Labute approximate surface area is 112 Å². The number of unbranched alkanes of at least 4 members (excludes halogenated alkanes) is 3. The number of amides is 1. The average molecular weight is 254 g/mol. The Bertz CT molecular complexity index is 241. The van der Waals surface area contributed by atoms with Crippen LogP contribution in [0.1, 0.15) is 65.2 Å². The van der Waals surface area contributed by atoms with Crippen LogP contribution in [0.5, 0.6) is 0 Å². The van der Waals surface area contributed by atoms with Crippen LogP contribution in [0, 0.1) is 5.92 Å². The molecule has 1 rings (SSSR count). The number of nitrogens with zero attached hydrogens (tertiary/aromatic N) is 1. The molecule has 1 fully saturated rings. The second-order valence-electron chi connectivity index (χ2n) is 5.85. The first kappa shape index (κ1) is 15.5. The minimum Gasteiger partial charge on any atom is -0.339 e. The van der Waals surface area contributed by atoms with Crippen molar-refractivity contribution in [2.45, 2.75) is 71.3 Å².